The number of carbonyl (C=O) groups excluding carboxylic acids is 20. The van der Waals surface area contributed by atoms with E-state index in [0.717, 1.165) is 6.92 Å². The number of nitrogens with one attached hydrogen (secondary N) is 25. The maximum Gasteiger partial charge on any atom is 0.328 e. The van der Waals surface area contributed by atoms with Crippen molar-refractivity contribution in [2.45, 2.75) is 194 Å². The van der Waals surface area contributed by atoms with Crippen LogP contribution in [0.15, 0.2) is 54.6 Å². The first-order valence-corrected chi connectivity index (χ1v) is 44.6. The lowest BCUT2D eigenvalue weighted by Crippen LogP contribution is -2.62. The molecule has 0 unspecified atom stereocenters. The summed E-state index contributed by atoms with van der Waals surface area (Å²) in [5.41, 5.74) is 28.6. The SMILES string of the molecule is C[C@H](NC(=O)[C@H](CCC(N)=O)NC(=O)[C@H](CO)NC(=O)CNC(=O)CNC(=O)[C@H](CCCNC(=N)N)NC(=O)[C@H](CO)NC(=O)CNC(=O)[C@H](CCC(=O)O)NC(=O)[C@H](C)NC(=O)[C@H](Cc1ccc(O)cc1)NC(=O)[C@@H](N)Cc1ccccc1)C(=O)N[C@@H](CO)C(=O)N[C@@H](CO)C(=O)N[C@@H](CCCNC(=N)N)C(=O)N[C@@H](CO)C(=O)N[C@@H](CO)C(=O)N[C@@H](CO)C(=O)N[C@@H](CCCNC(=N)N)C(=O)N[C@@H](CO)C(=O)O. The Labute approximate surface area is 825 Å². The number of amides is 20. The minimum atomic E-state index is -2.08. The summed E-state index contributed by atoms with van der Waals surface area (Å²) in [6, 6.07) is -16.0. The number of phenols is 1. The zero-order valence-electron chi connectivity index (χ0n) is 78.7. The zero-order chi connectivity index (χ0) is 109. The predicted octanol–water partition coefficient (Wildman–Crippen LogP) is -20.4. The molecule has 0 saturated heterocycles. The van der Waals surface area contributed by atoms with Crippen LogP contribution in [-0.2, 0) is 118 Å². The molecule has 0 aromatic heterocycles. The van der Waals surface area contributed by atoms with Crippen LogP contribution < -0.4 is 146 Å². The number of phenolic OH excluding ortho intramolecular Hbond substituents is 1. The smallest absolute Gasteiger partial charge is 0.328 e. The number of guanidine groups is 3. The van der Waals surface area contributed by atoms with E-state index >= 15 is 0 Å². The number of hydrogen-bond donors (Lipinski definition) is 41. The lowest BCUT2D eigenvalue weighted by Gasteiger charge is -2.27. The highest BCUT2D eigenvalue weighted by Gasteiger charge is 2.39. The van der Waals surface area contributed by atoms with Crippen molar-refractivity contribution >= 4 is 148 Å². The first-order chi connectivity index (χ1) is 68.5. The number of aliphatic hydroxyl groups is 8. The summed E-state index contributed by atoms with van der Waals surface area (Å²) in [6.45, 7) is -10.9. The Bertz CT molecular complexity index is 4780. The molecule has 17 atom stereocenters. The number of aliphatic hydroxyl groups excluding tert-OH is 8. The Kier molecular flexibility index (Phi) is 57.5. The molecule has 0 spiro atoms. The van der Waals surface area contributed by atoms with Crippen LogP contribution in [0.1, 0.15) is 89.2 Å². The van der Waals surface area contributed by atoms with Gasteiger partial charge in [0.05, 0.1) is 78.5 Å². The van der Waals surface area contributed by atoms with E-state index in [0.29, 0.717) is 11.1 Å². The van der Waals surface area contributed by atoms with Crippen LogP contribution in [0.5, 0.6) is 5.75 Å². The van der Waals surface area contributed by atoms with Crippen molar-refractivity contribution in [3.8, 4) is 5.75 Å². The van der Waals surface area contributed by atoms with E-state index < -0.39 is 355 Å². The van der Waals surface area contributed by atoms with Crippen molar-refractivity contribution in [2.75, 3.05) is 92.1 Å². The monoisotopic (exact) mass is 2060 g/mol. The fraction of sp³-hybridized carbons (Fsp3) is 0.549. The van der Waals surface area contributed by atoms with Gasteiger partial charge in [-0.05, 0) is 94.9 Å². The summed E-state index contributed by atoms with van der Waals surface area (Å²) >= 11 is 0. The van der Waals surface area contributed by atoms with Crippen molar-refractivity contribution in [3.05, 3.63) is 65.7 Å². The highest BCUT2D eigenvalue weighted by molar-refractivity contribution is 6.02. The molecule has 2 aromatic carbocycles. The van der Waals surface area contributed by atoms with Gasteiger partial charge in [0.15, 0.2) is 17.9 Å². The third kappa shape index (κ3) is 48.9. The maximum absolute atomic E-state index is 13.9. The van der Waals surface area contributed by atoms with Gasteiger partial charge >= 0.3 is 11.9 Å². The van der Waals surface area contributed by atoms with Gasteiger partial charge in [-0.25, -0.2) is 4.79 Å². The first kappa shape index (κ1) is 125. The molecule has 46 N–H and O–H groups in total. The summed E-state index contributed by atoms with van der Waals surface area (Å²) in [5, 5.41) is 180. The highest BCUT2D eigenvalue weighted by Crippen LogP contribution is 2.14. The summed E-state index contributed by atoms with van der Waals surface area (Å²) in [4.78, 5) is 291. The van der Waals surface area contributed by atoms with E-state index in [4.69, 9.17) is 44.9 Å². The van der Waals surface area contributed by atoms with Gasteiger partial charge in [-0.3, -0.25) is 117 Å². The molecule has 0 aliphatic heterocycles. The van der Waals surface area contributed by atoms with Gasteiger partial charge in [0.25, 0.3) is 0 Å². The number of carbonyl (C=O) groups is 22. The number of carboxylic acid groups (broad SMARTS) is 2. The summed E-state index contributed by atoms with van der Waals surface area (Å²) in [7, 11) is 0. The average molecular weight is 2060 g/mol. The Morgan fingerprint density at radius 2 is 0.552 bits per heavy atom. The topological polar surface area (TPSA) is 1060 Å². The standard InChI is InChI=1S/C82H130N30O33/c1-38(98-71(136)49(26-41-14-16-42(121)17-15-41)106-65(130)43(83)25-40-9-4-3-5-10-40)63(128)101-47(19-21-62(126)127)67(132)96-29-61(125)100-50(30-113)72(137)102-44(11-6-22-91-80(85)86)66(131)95-27-59(123)94-28-60(124)99-51(31-114)73(138)105-48(18-20-58(84)122)68(133)97-39(2)64(129)107-52(32-115)76(141)109-53(33-116)74(139)103-45(12-7-23-92-81(87)88)69(134)108-55(35-118)77(142)111-56(36-119)78(143)110-54(34-117)75(140)104-46(13-8-24-93-82(89)90)70(135)112-57(37-120)79(144)145/h3-5,9-10,14-17,38-39,43-57,113-121H,6-8,11-13,18-37,83H2,1-2H3,(H2,84,122)(H,94,123)(H,95,131)(H,96,132)(H,97,133)(H,98,136)(H,99,124)(H,100,125)(H,101,128)(H,102,137)(H,103,139)(H,104,140)(H,105,138)(H,106,130)(H,107,129)(H,108,134)(H,109,141)(H,110,143)(H,111,142)(H,112,135)(H,126,127)(H,144,145)(H4,85,86,91)(H4,87,88,92)(H4,89,90,93)/t38-,39-,43-,44-,45-,46-,47-,48-,49-,50-,51-,52-,53-,54-,55-,56-,57-/m0/s1. The van der Waals surface area contributed by atoms with Crippen molar-refractivity contribution in [3.63, 3.8) is 0 Å². The molecule has 0 saturated carbocycles. The zero-order valence-corrected chi connectivity index (χ0v) is 78.7. The molecular weight excluding hydrogens is 1930 g/mol. The number of carboxylic acids is 2. The molecule has 2 rings (SSSR count). The first-order valence-electron chi connectivity index (χ1n) is 44.6. The quantitative estimate of drug-likeness (QED) is 0.0166. The number of rotatable bonds is 69. The van der Waals surface area contributed by atoms with E-state index in [1.807, 2.05) is 31.9 Å². The van der Waals surface area contributed by atoms with Crippen LogP contribution in [0, 0.1) is 16.2 Å². The predicted molar refractivity (Wildman–Crippen MR) is 498 cm³/mol. The minimum absolute atomic E-state index is 0.0149. The summed E-state index contributed by atoms with van der Waals surface area (Å²) in [5.74, 6) is -28.8. The molecule has 0 aliphatic rings. The second-order valence-corrected chi connectivity index (χ2v) is 32.0. The van der Waals surface area contributed by atoms with Crippen LogP contribution in [0.3, 0.4) is 0 Å². The van der Waals surface area contributed by atoms with E-state index in [9.17, 15) is 162 Å². The number of nitrogens with two attached hydrogens (primary N) is 5. The molecule has 0 radical (unpaired) electrons. The number of aliphatic carboxylic acids is 2. The molecule has 63 heteroatoms. The lowest BCUT2D eigenvalue weighted by atomic mass is 10.0. The Morgan fingerprint density at radius 3 is 0.897 bits per heavy atom. The van der Waals surface area contributed by atoms with Gasteiger partial charge in [-0.15, -0.1) is 0 Å². The molecule has 20 amide bonds. The normalized spacial score (nSPS) is 14.3. The van der Waals surface area contributed by atoms with Crippen LogP contribution in [-0.4, -0.2) is 399 Å². The van der Waals surface area contributed by atoms with Gasteiger partial charge in [0.2, 0.25) is 118 Å². The third-order valence-corrected chi connectivity index (χ3v) is 20.4. The van der Waals surface area contributed by atoms with Crippen LogP contribution >= 0.6 is 0 Å². The van der Waals surface area contributed by atoms with E-state index in [-0.39, 0.29) is 70.3 Å². The molecule has 63 nitrogen and oxygen atoms in total. The second-order valence-electron chi connectivity index (χ2n) is 32.0. The maximum atomic E-state index is 13.9. The third-order valence-electron chi connectivity index (χ3n) is 20.4. The average Bonchev–Trinajstić information content (AvgIpc) is 0.863. The molecule has 0 aliphatic carbocycles. The highest BCUT2D eigenvalue weighted by atomic mass is 16.4. The molecular formula is C82H130N30O33. The largest absolute Gasteiger partial charge is 0.508 e. The fourth-order valence-electron chi connectivity index (χ4n) is 12.5. The van der Waals surface area contributed by atoms with E-state index in [1.165, 1.54) is 31.2 Å². The summed E-state index contributed by atoms with van der Waals surface area (Å²) < 4.78 is 0. The second kappa shape index (κ2) is 66.7. The fourth-order valence-corrected chi connectivity index (χ4v) is 12.5. The molecule has 0 heterocycles. The minimum Gasteiger partial charge on any atom is -0.508 e. The van der Waals surface area contributed by atoms with Crippen molar-refractivity contribution < 1.29 is 162 Å². The van der Waals surface area contributed by atoms with Gasteiger partial charge in [0, 0.05) is 38.9 Å². The van der Waals surface area contributed by atoms with Crippen LogP contribution in [0.2, 0.25) is 0 Å². The lowest BCUT2D eigenvalue weighted by molar-refractivity contribution is -0.143. The number of benzene rings is 2. The summed E-state index contributed by atoms with van der Waals surface area (Å²) in [6.07, 6.45) is -3.94. The van der Waals surface area contributed by atoms with Crippen LogP contribution in [0.4, 0.5) is 0 Å². The Hall–Kier alpha value is -16.0. The van der Waals surface area contributed by atoms with Gasteiger partial charge in [0.1, 0.15) is 102 Å². The Balaban J connectivity index is 2.16. The molecule has 145 heavy (non-hydrogen) atoms. The van der Waals surface area contributed by atoms with E-state index in [1.54, 1.807) is 30.3 Å². The number of aromatic hydroxyl groups is 1. The van der Waals surface area contributed by atoms with Crippen molar-refractivity contribution in [2.24, 2.45) is 28.7 Å². The van der Waals surface area contributed by atoms with Crippen molar-refractivity contribution in [1.29, 1.82) is 16.2 Å². The number of hydrogen-bond acceptors (Lipinski definition) is 35. The molecule has 806 valence electrons. The van der Waals surface area contributed by atoms with Crippen molar-refractivity contribution in [1.82, 2.24) is 117 Å². The number of primary amides is 1. The van der Waals surface area contributed by atoms with Gasteiger partial charge in [-0.1, -0.05) is 42.5 Å². The van der Waals surface area contributed by atoms with Crippen LogP contribution in [0.25, 0.3) is 0 Å². The van der Waals surface area contributed by atoms with Gasteiger partial charge in [-0.2, -0.15) is 0 Å². The van der Waals surface area contributed by atoms with E-state index in [2.05, 4.69) is 85.1 Å². The van der Waals surface area contributed by atoms with Gasteiger partial charge < -0.3 is 202 Å². The molecule has 0 fully saturated rings. The molecule has 2 aromatic rings. The Morgan fingerprint density at radius 1 is 0.283 bits per heavy atom. The molecule has 0 bridgehead atoms.